The molecule has 0 radical (unpaired) electrons. The number of hydrogen-bond acceptors (Lipinski definition) is 5. The van der Waals surface area contributed by atoms with E-state index in [2.05, 4.69) is 9.88 Å². The molecule has 3 aliphatic rings. The minimum atomic E-state index is -0.637. The summed E-state index contributed by atoms with van der Waals surface area (Å²) in [6, 6.07) is 1.83. The van der Waals surface area contributed by atoms with Crippen LogP contribution in [0.1, 0.15) is 60.9 Å². The van der Waals surface area contributed by atoms with E-state index in [0.29, 0.717) is 18.4 Å². The molecule has 1 aromatic rings. The predicted molar refractivity (Wildman–Crippen MR) is 106 cm³/mol. The lowest BCUT2D eigenvalue weighted by atomic mass is 9.75. The summed E-state index contributed by atoms with van der Waals surface area (Å²) in [5.74, 6) is -0.183. The van der Waals surface area contributed by atoms with Crippen molar-refractivity contribution >= 4 is 23.5 Å². The van der Waals surface area contributed by atoms with Crippen LogP contribution in [-0.4, -0.2) is 59.9 Å². The summed E-state index contributed by atoms with van der Waals surface area (Å²) in [6.07, 6.45) is 8.23. The first-order valence-electron chi connectivity index (χ1n) is 10.4. The van der Waals surface area contributed by atoms with Crippen molar-refractivity contribution in [2.24, 2.45) is 5.92 Å². The Hall–Kier alpha value is -1.66. The van der Waals surface area contributed by atoms with Crippen LogP contribution in [0, 0.1) is 5.92 Å². The molecule has 2 fully saturated rings. The van der Waals surface area contributed by atoms with Crippen LogP contribution >= 0.6 is 11.6 Å². The lowest BCUT2D eigenvalue weighted by Crippen LogP contribution is -2.43. The summed E-state index contributed by atoms with van der Waals surface area (Å²) < 4.78 is 5.76. The Morgan fingerprint density at radius 3 is 2.75 bits per heavy atom. The Morgan fingerprint density at radius 1 is 1.32 bits per heavy atom. The van der Waals surface area contributed by atoms with Crippen LogP contribution in [0.2, 0.25) is 5.15 Å². The highest BCUT2D eigenvalue weighted by atomic mass is 35.5. The fourth-order valence-electron chi connectivity index (χ4n) is 4.89. The second-order valence-electron chi connectivity index (χ2n) is 8.34. The first-order valence-corrected chi connectivity index (χ1v) is 10.7. The van der Waals surface area contributed by atoms with Crippen molar-refractivity contribution in [3.05, 3.63) is 28.5 Å². The van der Waals surface area contributed by atoms with Crippen molar-refractivity contribution < 1.29 is 14.3 Å². The molecule has 6 nitrogen and oxygen atoms in total. The molecule has 152 valence electrons. The zero-order valence-electron chi connectivity index (χ0n) is 16.5. The van der Waals surface area contributed by atoms with E-state index in [1.165, 1.54) is 19.3 Å². The Balaban J connectivity index is 1.35. The van der Waals surface area contributed by atoms with E-state index in [9.17, 15) is 9.59 Å². The SMILES string of the molecule is CN(CCN1CCCCC1)C(=O)[C@H]1CC[C@@]2(CC1)OC(=O)c1c(Cl)nccc12. The number of rotatable bonds is 4. The van der Waals surface area contributed by atoms with E-state index >= 15 is 0 Å². The first kappa shape index (κ1) is 19.6. The third-order valence-electron chi connectivity index (χ3n) is 6.61. The molecule has 1 aromatic heterocycles. The van der Waals surface area contributed by atoms with Crippen molar-refractivity contribution in [2.45, 2.75) is 50.5 Å². The number of fused-ring (bicyclic) bond motifs is 2. The monoisotopic (exact) mass is 405 g/mol. The maximum Gasteiger partial charge on any atom is 0.342 e. The van der Waals surface area contributed by atoms with Crippen molar-refractivity contribution in [1.82, 2.24) is 14.8 Å². The molecular weight excluding hydrogens is 378 g/mol. The van der Waals surface area contributed by atoms with E-state index < -0.39 is 11.6 Å². The standard InChI is InChI=1S/C21H28ClN3O3/c1-24(13-14-25-11-3-2-4-12-25)19(26)15-5-8-21(9-6-15)16-7-10-23-18(22)17(16)20(27)28-21/h7,10,15H,2-6,8-9,11-14H2,1H3/t15-,21-. The molecule has 2 aliphatic heterocycles. The fourth-order valence-corrected chi connectivity index (χ4v) is 5.13. The van der Waals surface area contributed by atoms with Gasteiger partial charge in [0.1, 0.15) is 16.3 Å². The molecule has 0 N–H and O–H groups in total. The van der Waals surface area contributed by atoms with Gasteiger partial charge in [-0.05, 0) is 57.7 Å². The van der Waals surface area contributed by atoms with Crippen molar-refractivity contribution in [2.75, 3.05) is 33.2 Å². The molecule has 1 aliphatic carbocycles. The second-order valence-corrected chi connectivity index (χ2v) is 8.70. The van der Waals surface area contributed by atoms with Crippen molar-refractivity contribution in [3.63, 3.8) is 0 Å². The molecule has 1 amide bonds. The van der Waals surface area contributed by atoms with Gasteiger partial charge in [-0.25, -0.2) is 9.78 Å². The predicted octanol–water partition coefficient (Wildman–Crippen LogP) is 3.24. The molecule has 28 heavy (non-hydrogen) atoms. The molecule has 1 spiro atoms. The minimum absolute atomic E-state index is 0.00274. The summed E-state index contributed by atoms with van der Waals surface area (Å²) in [4.78, 5) is 33.5. The Labute approximate surface area is 171 Å². The number of pyridine rings is 1. The largest absolute Gasteiger partial charge is 0.450 e. The van der Waals surface area contributed by atoms with Crippen molar-refractivity contribution in [1.29, 1.82) is 0 Å². The minimum Gasteiger partial charge on any atom is -0.450 e. The van der Waals surface area contributed by atoms with Gasteiger partial charge in [0.05, 0.1) is 0 Å². The number of ether oxygens (including phenoxy) is 1. The number of nitrogens with zero attached hydrogens (tertiary/aromatic N) is 3. The van der Waals surface area contributed by atoms with Crippen LogP contribution in [0.25, 0.3) is 0 Å². The zero-order valence-corrected chi connectivity index (χ0v) is 17.2. The van der Waals surface area contributed by atoms with Crippen LogP contribution in [0.5, 0.6) is 0 Å². The molecule has 4 rings (SSSR count). The van der Waals surface area contributed by atoms with E-state index in [1.807, 2.05) is 18.0 Å². The number of likely N-dealkylation sites (tertiary alicyclic amines) is 1. The lowest BCUT2D eigenvalue weighted by Gasteiger charge is -2.37. The molecule has 3 heterocycles. The smallest absolute Gasteiger partial charge is 0.342 e. The maximum atomic E-state index is 12.9. The fraction of sp³-hybridized carbons (Fsp3) is 0.667. The highest BCUT2D eigenvalue weighted by Crippen LogP contribution is 2.49. The number of piperidine rings is 1. The number of amides is 1. The van der Waals surface area contributed by atoms with Gasteiger partial charge < -0.3 is 14.5 Å². The lowest BCUT2D eigenvalue weighted by molar-refractivity contribution is -0.137. The van der Waals surface area contributed by atoms with Crippen LogP contribution in [0.4, 0.5) is 0 Å². The van der Waals surface area contributed by atoms with Gasteiger partial charge in [-0.1, -0.05) is 18.0 Å². The molecule has 0 atom stereocenters. The third kappa shape index (κ3) is 3.64. The van der Waals surface area contributed by atoms with E-state index in [1.54, 1.807) is 6.20 Å². The Kier molecular flexibility index (Phi) is 5.61. The highest BCUT2D eigenvalue weighted by molar-refractivity contribution is 6.32. The molecule has 7 heteroatoms. The summed E-state index contributed by atoms with van der Waals surface area (Å²) >= 11 is 6.11. The Morgan fingerprint density at radius 2 is 2.04 bits per heavy atom. The van der Waals surface area contributed by atoms with Gasteiger partial charge in [-0.2, -0.15) is 0 Å². The normalized spacial score (nSPS) is 27.5. The Bertz CT molecular complexity index is 755. The van der Waals surface area contributed by atoms with Crippen molar-refractivity contribution in [3.8, 4) is 0 Å². The van der Waals surface area contributed by atoms with Gasteiger partial charge in [0, 0.05) is 37.8 Å². The number of halogens is 1. The van der Waals surface area contributed by atoms with Gasteiger partial charge >= 0.3 is 5.97 Å². The number of carbonyl (C=O) groups excluding carboxylic acids is 2. The number of hydrogen-bond donors (Lipinski definition) is 0. The summed E-state index contributed by atoms with van der Waals surface area (Å²) in [5.41, 5.74) is 0.594. The van der Waals surface area contributed by atoms with Gasteiger partial charge in [0.2, 0.25) is 5.91 Å². The summed E-state index contributed by atoms with van der Waals surface area (Å²) in [6.45, 7) is 4.03. The number of carbonyl (C=O) groups is 2. The molecular formula is C21H28ClN3O3. The van der Waals surface area contributed by atoms with Gasteiger partial charge in [0.15, 0.2) is 0 Å². The average molecular weight is 406 g/mol. The van der Waals surface area contributed by atoms with Crippen LogP contribution in [0.3, 0.4) is 0 Å². The molecule has 0 unspecified atom stereocenters. The summed E-state index contributed by atoms with van der Waals surface area (Å²) in [7, 11) is 1.91. The van der Waals surface area contributed by atoms with E-state index in [-0.39, 0.29) is 17.0 Å². The highest BCUT2D eigenvalue weighted by Gasteiger charge is 2.49. The molecule has 1 saturated carbocycles. The zero-order chi connectivity index (χ0) is 19.7. The number of likely N-dealkylation sites (N-methyl/N-ethyl adjacent to an activating group) is 1. The topological polar surface area (TPSA) is 62.7 Å². The average Bonchev–Trinajstić information content (AvgIpc) is 2.99. The molecule has 0 bridgehead atoms. The number of esters is 1. The summed E-state index contributed by atoms with van der Waals surface area (Å²) in [5, 5.41) is 0.204. The van der Waals surface area contributed by atoms with Crippen LogP contribution in [0.15, 0.2) is 12.3 Å². The van der Waals surface area contributed by atoms with Gasteiger partial charge in [-0.3, -0.25) is 4.79 Å². The molecule has 0 aromatic carbocycles. The van der Waals surface area contributed by atoms with Gasteiger partial charge in [0.25, 0.3) is 0 Å². The number of aromatic nitrogens is 1. The van der Waals surface area contributed by atoms with Crippen LogP contribution < -0.4 is 0 Å². The van der Waals surface area contributed by atoms with E-state index in [4.69, 9.17) is 16.3 Å². The second kappa shape index (κ2) is 7.99. The third-order valence-corrected chi connectivity index (χ3v) is 6.89. The van der Waals surface area contributed by atoms with Crippen LogP contribution in [-0.2, 0) is 15.1 Å². The van der Waals surface area contributed by atoms with Gasteiger partial charge in [-0.15, -0.1) is 0 Å². The first-order chi connectivity index (χ1) is 13.5. The maximum absolute atomic E-state index is 12.9. The quantitative estimate of drug-likeness (QED) is 0.568. The van der Waals surface area contributed by atoms with E-state index in [0.717, 1.165) is 44.6 Å². The molecule has 1 saturated heterocycles.